The summed E-state index contributed by atoms with van der Waals surface area (Å²) in [6, 6.07) is 3.65. The van der Waals surface area contributed by atoms with Crippen molar-refractivity contribution in [3.05, 3.63) is 17.0 Å². The molecule has 0 spiro atoms. The van der Waals surface area contributed by atoms with Crippen LogP contribution in [0.15, 0.2) is 16.3 Å². The zero-order valence-corrected chi connectivity index (χ0v) is 13.6. The molecule has 1 fully saturated rings. The summed E-state index contributed by atoms with van der Waals surface area (Å²) in [5.41, 5.74) is 0. The molecule has 2 heterocycles. The molecule has 1 N–H and O–H groups in total. The smallest absolute Gasteiger partial charge is 0.252 e. The lowest BCUT2D eigenvalue weighted by atomic mass is 10.1. The molecular formula is C13H22N2O3S2. The molecule has 1 aliphatic heterocycles. The minimum Gasteiger partial charge on any atom is -0.384 e. The van der Waals surface area contributed by atoms with Gasteiger partial charge >= 0.3 is 0 Å². The van der Waals surface area contributed by atoms with E-state index in [1.54, 1.807) is 17.5 Å². The van der Waals surface area contributed by atoms with Crippen LogP contribution in [0, 0.1) is 5.92 Å². The van der Waals surface area contributed by atoms with E-state index in [1.807, 2.05) is 13.1 Å². The second-order valence-electron chi connectivity index (χ2n) is 5.05. The number of rotatable bonds is 7. The molecular weight excluding hydrogens is 296 g/mol. The van der Waals surface area contributed by atoms with Crippen molar-refractivity contribution >= 4 is 21.4 Å². The van der Waals surface area contributed by atoms with Crippen molar-refractivity contribution in [1.82, 2.24) is 9.62 Å². The molecule has 0 amide bonds. The summed E-state index contributed by atoms with van der Waals surface area (Å²) < 4.78 is 32.3. The van der Waals surface area contributed by atoms with Crippen LogP contribution in [0.1, 0.15) is 11.3 Å². The molecule has 5 nitrogen and oxygen atoms in total. The van der Waals surface area contributed by atoms with Gasteiger partial charge in [0.05, 0.1) is 6.61 Å². The van der Waals surface area contributed by atoms with Gasteiger partial charge in [-0.3, -0.25) is 0 Å². The fourth-order valence-electron chi connectivity index (χ4n) is 2.39. The van der Waals surface area contributed by atoms with Crippen LogP contribution in [0.2, 0.25) is 0 Å². The summed E-state index contributed by atoms with van der Waals surface area (Å²) in [4.78, 5) is 1.10. The highest BCUT2D eigenvalue weighted by atomic mass is 32.2. The zero-order chi connectivity index (χ0) is 14.6. The fraction of sp³-hybridized carbons (Fsp3) is 0.692. The topological polar surface area (TPSA) is 58.6 Å². The lowest BCUT2D eigenvalue weighted by Gasteiger charge is -2.15. The van der Waals surface area contributed by atoms with Gasteiger partial charge in [-0.2, -0.15) is 4.31 Å². The average Bonchev–Trinajstić information content (AvgIpc) is 3.06. The maximum absolute atomic E-state index is 12.6. The lowest BCUT2D eigenvalue weighted by Crippen LogP contribution is -2.28. The summed E-state index contributed by atoms with van der Waals surface area (Å²) in [5.74, 6) is 0.318. The van der Waals surface area contributed by atoms with Crippen LogP contribution in [0.3, 0.4) is 0 Å². The first-order chi connectivity index (χ1) is 9.57. The molecule has 1 unspecified atom stereocenters. The average molecular weight is 318 g/mol. The van der Waals surface area contributed by atoms with Gasteiger partial charge in [0, 0.05) is 25.1 Å². The van der Waals surface area contributed by atoms with Crippen LogP contribution in [-0.2, 0) is 21.2 Å². The molecule has 20 heavy (non-hydrogen) atoms. The number of thiophene rings is 1. The summed E-state index contributed by atoms with van der Waals surface area (Å²) in [7, 11) is 0.233. The maximum atomic E-state index is 12.6. The molecule has 0 aromatic carbocycles. The predicted octanol–water partition coefficient (Wildman–Crippen LogP) is 1.17. The van der Waals surface area contributed by atoms with Gasteiger partial charge in [-0.25, -0.2) is 8.42 Å². The van der Waals surface area contributed by atoms with Gasteiger partial charge < -0.3 is 10.1 Å². The highest BCUT2D eigenvalue weighted by Crippen LogP contribution is 2.29. The van der Waals surface area contributed by atoms with Crippen molar-refractivity contribution in [2.24, 2.45) is 5.92 Å². The van der Waals surface area contributed by atoms with Gasteiger partial charge in [-0.05, 0) is 44.5 Å². The third kappa shape index (κ3) is 3.59. The van der Waals surface area contributed by atoms with Crippen molar-refractivity contribution in [1.29, 1.82) is 0 Å². The SMILES string of the molecule is CNCCc1ccc(S(=O)(=O)N2CCC(COC)C2)s1. The zero-order valence-electron chi connectivity index (χ0n) is 12.0. The Labute approximate surface area is 125 Å². The number of hydrogen-bond acceptors (Lipinski definition) is 5. The Morgan fingerprint density at radius 3 is 3.00 bits per heavy atom. The molecule has 1 aliphatic rings. The third-order valence-electron chi connectivity index (χ3n) is 3.50. The second kappa shape index (κ2) is 7.00. The predicted molar refractivity (Wildman–Crippen MR) is 80.7 cm³/mol. The van der Waals surface area contributed by atoms with Gasteiger partial charge in [0.25, 0.3) is 10.0 Å². The molecule has 114 valence electrons. The molecule has 0 aliphatic carbocycles. The quantitative estimate of drug-likeness (QED) is 0.820. The molecule has 1 atom stereocenters. The van der Waals surface area contributed by atoms with Crippen molar-refractivity contribution in [2.45, 2.75) is 17.1 Å². The number of hydrogen-bond donors (Lipinski definition) is 1. The maximum Gasteiger partial charge on any atom is 0.252 e. The van der Waals surface area contributed by atoms with Gasteiger partial charge in [0.1, 0.15) is 4.21 Å². The second-order valence-corrected chi connectivity index (χ2v) is 8.38. The lowest BCUT2D eigenvalue weighted by molar-refractivity contribution is 0.157. The molecule has 1 saturated heterocycles. The van der Waals surface area contributed by atoms with Crippen LogP contribution in [0.25, 0.3) is 0 Å². The van der Waals surface area contributed by atoms with Crippen LogP contribution < -0.4 is 5.32 Å². The van der Waals surface area contributed by atoms with Gasteiger partial charge in [0.15, 0.2) is 0 Å². The van der Waals surface area contributed by atoms with Crippen LogP contribution in [-0.4, -0.2) is 53.1 Å². The van der Waals surface area contributed by atoms with E-state index in [2.05, 4.69) is 5.32 Å². The van der Waals surface area contributed by atoms with E-state index in [9.17, 15) is 8.42 Å². The molecule has 0 radical (unpaired) electrons. The molecule has 0 bridgehead atoms. The molecule has 1 aromatic rings. The molecule has 0 saturated carbocycles. The van der Waals surface area contributed by atoms with E-state index in [0.717, 1.165) is 24.3 Å². The van der Waals surface area contributed by atoms with Crippen molar-refractivity contribution < 1.29 is 13.2 Å². The van der Waals surface area contributed by atoms with E-state index >= 15 is 0 Å². The normalized spacial score (nSPS) is 20.6. The van der Waals surface area contributed by atoms with Gasteiger partial charge in [-0.15, -0.1) is 11.3 Å². The third-order valence-corrected chi connectivity index (χ3v) is 6.98. The fourth-order valence-corrected chi connectivity index (χ4v) is 5.43. The van der Waals surface area contributed by atoms with Crippen molar-refractivity contribution in [2.75, 3.05) is 40.4 Å². The summed E-state index contributed by atoms with van der Waals surface area (Å²) in [6.45, 7) is 2.66. The van der Waals surface area contributed by atoms with E-state index in [-0.39, 0.29) is 0 Å². The standard InChI is InChI=1S/C13H22N2O3S2/c1-14-7-5-12-3-4-13(19-12)20(16,17)15-8-6-11(9-15)10-18-2/h3-4,11,14H,5-10H2,1-2H3. The molecule has 2 rings (SSSR count). The summed E-state index contributed by atoms with van der Waals surface area (Å²) in [5, 5.41) is 3.07. The van der Waals surface area contributed by atoms with E-state index in [1.165, 1.54) is 11.3 Å². The highest BCUT2D eigenvalue weighted by Gasteiger charge is 2.33. The summed E-state index contributed by atoms with van der Waals surface area (Å²) in [6.07, 6.45) is 1.74. The first kappa shape index (κ1) is 15.9. The molecule has 1 aromatic heterocycles. The number of methoxy groups -OCH3 is 1. The van der Waals surface area contributed by atoms with E-state index in [4.69, 9.17) is 4.74 Å². The Balaban J connectivity index is 2.05. The van der Waals surface area contributed by atoms with Crippen molar-refractivity contribution in [3.63, 3.8) is 0 Å². The minimum atomic E-state index is -3.32. The van der Waals surface area contributed by atoms with Crippen LogP contribution >= 0.6 is 11.3 Å². The minimum absolute atomic E-state index is 0.318. The Morgan fingerprint density at radius 2 is 2.30 bits per heavy atom. The Hall–Kier alpha value is -0.470. The highest BCUT2D eigenvalue weighted by molar-refractivity contribution is 7.91. The number of likely N-dealkylation sites (N-methyl/N-ethyl adjacent to an activating group) is 1. The van der Waals surface area contributed by atoms with Crippen molar-refractivity contribution in [3.8, 4) is 0 Å². The first-order valence-corrected chi connectivity index (χ1v) is 9.06. The Kier molecular flexibility index (Phi) is 5.57. The van der Waals surface area contributed by atoms with E-state index in [0.29, 0.717) is 29.8 Å². The number of nitrogens with one attached hydrogen (secondary N) is 1. The monoisotopic (exact) mass is 318 g/mol. The van der Waals surface area contributed by atoms with Gasteiger partial charge in [-0.1, -0.05) is 0 Å². The van der Waals surface area contributed by atoms with Crippen LogP contribution in [0.5, 0.6) is 0 Å². The largest absolute Gasteiger partial charge is 0.384 e. The number of sulfonamides is 1. The van der Waals surface area contributed by atoms with E-state index < -0.39 is 10.0 Å². The summed E-state index contributed by atoms with van der Waals surface area (Å²) >= 11 is 1.38. The number of ether oxygens (including phenoxy) is 1. The molecule has 7 heteroatoms. The van der Waals surface area contributed by atoms with Crippen LogP contribution in [0.4, 0.5) is 0 Å². The first-order valence-electron chi connectivity index (χ1n) is 6.80. The Bertz CT molecular complexity index is 527. The number of nitrogens with zero attached hydrogens (tertiary/aromatic N) is 1. The van der Waals surface area contributed by atoms with Gasteiger partial charge in [0.2, 0.25) is 0 Å². The Morgan fingerprint density at radius 1 is 1.50 bits per heavy atom.